The normalized spacial score (nSPS) is 14.6. The molecule has 3 rings (SSSR count). The average molecular weight is 442 g/mol. The standard InChI is InChI=1S/C24H35N3OSSi/c1-18-23(29-17-26-18)20-10-11-21(15-25)22(14-20)27(16-19-8-9-19)12-7-13-28-30(5,6)24(2,3)4/h10-11,14,17,19H,7-9,12-13,16H2,1-6H3. The van der Waals surface area contributed by atoms with Crippen LogP contribution in [0.4, 0.5) is 5.69 Å². The minimum Gasteiger partial charge on any atom is -0.417 e. The van der Waals surface area contributed by atoms with Crippen molar-refractivity contribution in [3.8, 4) is 16.5 Å². The van der Waals surface area contributed by atoms with Crippen molar-refractivity contribution >= 4 is 25.3 Å². The van der Waals surface area contributed by atoms with Crippen LogP contribution in [0.25, 0.3) is 10.4 Å². The topological polar surface area (TPSA) is 49.2 Å². The summed E-state index contributed by atoms with van der Waals surface area (Å²) < 4.78 is 6.40. The first-order valence-electron chi connectivity index (χ1n) is 11.0. The van der Waals surface area contributed by atoms with Crippen molar-refractivity contribution in [1.29, 1.82) is 5.26 Å². The lowest BCUT2D eigenvalue weighted by Gasteiger charge is -2.36. The second kappa shape index (κ2) is 9.21. The molecule has 0 radical (unpaired) electrons. The smallest absolute Gasteiger partial charge is 0.191 e. The zero-order chi connectivity index (χ0) is 21.9. The maximum atomic E-state index is 9.76. The van der Waals surface area contributed by atoms with Crippen LogP contribution in [-0.4, -0.2) is 33.0 Å². The van der Waals surface area contributed by atoms with Crippen molar-refractivity contribution in [3.63, 3.8) is 0 Å². The number of rotatable bonds is 9. The molecular weight excluding hydrogens is 406 g/mol. The van der Waals surface area contributed by atoms with Crippen LogP contribution in [0.15, 0.2) is 23.7 Å². The third-order valence-corrected chi connectivity index (χ3v) is 12.0. The number of hydrogen-bond acceptors (Lipinski definition) is 5. The van der Waals surface area contributed by atoms with Gasteiger partial charge in [0.25, 0.3) is 0 Å². The lowest BCUT2D eigenvalue weighted by molar-refractivity contribution is 0.283. The Morgan fingerprint density at radius 2 is 2.03 bits per heavy atom. The second-order valence-corrected chi connectivity index (χ2v) is 15.6. The van der Waals surface area contributed by atoms with Crippen LogP contribution < -0.4 is 4.90 Å². The van der Waals surface area contributed by atoms with E-state index in [0.717, 1.165) is 54.5 Å². The summed E-state index contributed by atoms with van der Waals surface area (Å²) in [6.45, 7) is 16.2. The highest BCUT2D eigenvalue weighted by atomic mass is 32.1. The predicted molar refractivity (Wildman–Crippen MR) is 130 cm³/mol. The first-order valence-corrected chi connectivity index (χ1v) is 14.7. The zero-order valence-corrected chi connectivity index (χ0v) is 21.1. The van der Waals surface area contributed by atoms with Crippen molar-refractivity contribution in [2.24, 2.45) is 5.92 Å². The molecule has 162 valence electrons. The number of benzene rings is 1. The number of aryl methyl sites for hydroxylation is 1. The molecule has 1 heterocycles. The summed E-state index contributed by atoms with van der Waals surface area (Å²) in [4.78, 5) is 8.01. The Morgan fingerprint density at radius 3 is 2.60 bits per heavy atom. The summed E-state index contributed by atoms with van der Waals surface area (Å²) in [5.74, 6) is 0.756. The quantitative estimate of drug-likeness (QED) is 0.324. The maximum Gasteiger partial charge on any atom is 0.191 e. The van der Waals surface area contributed by atoms with E-state index in [2.05, 4.69) is 62.0 Å². The molecule has 6 heteroatoms. The first kappa shape index (κ1) is 23.0. The molecule has 0 unspecified atom stereocenters. The van der Waals surface area contributed by atoms with E-state index in [1.54, 1.807) is 11.3 Å². The Balaban J connectivity index is 1.76. The molecule has 1 saturated carbocycles. The van der Waals surface area contributed by atoms with Crippen LogP contribution in [0.5, 0.6) is 0 Å². The molecule has 1 aliphatic carbocycles. The summed E-state index contributed by atoms with van der Waals surface area (Å²) in [5, 5.41) is 9.99. The van der Waals surface area contributed by atoms with Gasteiger partial charge in [-0.1, -0.05) is 26.8 Å². The molecule has 0 saturated heterocycles. The highest BCUT2D eigenvalue weighted by Crippen LogP contribution is 2.37. The van der Waals surface area contributed by atoms with E-state index in [1.807, 2.05) is 18.5 Å². The summed E-state index contributed by atoms with van der Waals surface area (Å²) in [5.41, 5.74) is 5.91. The average Bonchev–Trinajstić information content (AvgIpc) is 3.40. The molecule has 1 aromatic heterocycles. The molecule has 1 aliphatic rings. The first-order chi connectivity index (χ1) is 14.1. The van der Waals surface area contributed by atoms with Crippen LogP contribution in [-0.2, 0) is 4.43 Å². The fraction of sp³-hybridized carbons (Fsp3) is 0.583. The lowest BCUT2D eigenvalue weighted by atomic mass is 10.1. The SMILES string of the molecule is Cc1ncsc1-c1ccc(C#N)c(N(CCCO[Si](C)(C)C(C)(C)C)CC2CC2)c1. The van der Waals surface area contributed by atoms with Gasteiger partial charge in [-0.3, -0.25) is 0 Å². The van der Waals surface area contributed by atoms with Crippen LogP contribution >= 0.6 is 11.3 Å². The molecule has 0 aliphatic heterocycles. The van der Waals surface area contributed by atoms with Gasteiger partial charge in [0.2, 0.25) is 0 Å². The number of thiazole rings is 1. The van der Waals surface area contributed by atoms with E-state index in [1.165, 1.54) is 17.7 Å². The largest absolute Gasteiger partial charge is 0.417 e. The van der Waals surface area contributed by atoms with E-state index in [4.69, 9.17) is 4.43 Å². The third kappa shape index (κ3) is 5.51. The van der Waals surface area contributed by atoms with E-state index >= 15 is 0 Å². The van der Waals surface area contributed by atoms with Gasteiger partial charge in [-0.05, 0) is 67.9 Å². The van der Waals surface area contributed by atoms with E-state index in [9.17, 15) is 5.26 Å². The van der Waals surface area contributed by atoms with Crippen molar-refractivity contribution in [3.05, 3.63) is 35.0 Å². The summed E-state index contributed by atoms with van der Waals surface area (Å²) in [6, 6.07) is 8.63. The van der Waals surface area contributed by atoms with Gasteiger partial charge >= 0.3 is 0 Å². The summed E-state index contributed by atoms with van der Waals surface area (Å²) in [6.07, 6.45) is 3.58. The Labute approximate surface area is 187 Å². The third-order valence-electron chi connectivity index (χ3n) is 6.48. The molecule has 1 fully saturated rings. The summed E-state index contributed by atoms with van der Waals surface area (Å²) >= 11 is 1.66. The molecule has 0 spiro atoms. The summed E-state index contributed by atoms with van der Waals surface area (Å²) in [7, 11) is -1.72. The van der Waals surface area contributed by atoms with Gasteiger partial charge in [0.1, 0.15) is 6.07 Å². The molecule has 1 aromatic carbocycles. The van der Waals surface area contributed by atoms with Gasteiger partial charge in [0, 0.05) is 19.7 Å². The monoisotopic (exact) mass is 441 g/mol. The number of aromatic nitrogens is 1. The fourth-order valence-electron chi connectivity index (χ4n) is 3.33. The molecule has 2 aromatic rings. The van der Waals surface area contributed by atoms with Crippen molar-refractivity contribution in [2.45, 2.75) is 65.1 Å². The molecular formula is C24H35N3OSSi. The maximum absolute atomic E-state index is 9.76. The Hall–Kier alpha value is -1.68. The van der Waals surface area contributed by atoms with E-state index < -0.39 is 8.32 Å². The van der Waals surface area contributed by atoms with E-state index in [0.29, 0.717) is 0 Å². The van der Waals surface area contributed by atoms with Gasteiger partial charge in [-0.25, -0.2) is 4.98 Å². The van der Waals surface area contributed by atoms with Gasteiger partial charge < -0.3 is 9.33 Å². The van der Waals surface area contributed by atoms with Crippen molar-refractivity contribution in [2.75, 3.05) is 24.6 Å². The van der Waals surface area contributed by atoms with Crippen molar-refractivity contribution < 1.29 is 4.43 Å². The predicted octanol–water partition coefficient (Wildman–Crippen LogP) is 6.62. The highest BCUT2D eigenvalue weighted by molar-refractivity contribution is 7.13. The number of anilines is 1. The minimum atomic E-state index is -1.72. The molecule has 30 heavy (non-hydrogen) atoms. The van der Waals surface area contributed by atoms with Gasteiger partial charge in [-0.15, -0.1) is 11.3 Å². The van der Waals surface area contributed by atoms with Crippen LogP contribution in [0, 0.1) is 24.2 Å². The Kier molecular flexibility index (Phi) is 7.06. The molecule has 0 bridgehead atoms. The van der Waals surface area contributed by atoms with Crippen LogP contribution in [0.2, 0.25) is 18.1 Å². The van der Waals surface area contributed by atoms with Crippen LogP contribution in [0.3, 0.4) is 0 Å². The number of hydrogen-bond donors (Lipinski definition) is 0. The van der Waals surface area contributed by atoms with Crippen molar-refractivity contribution in [1.82, 2.24) is 4.98 Å². The van der Waals surface area contributed by atoms with Gasteiger partial charge in [0.15, 0.2) is 8.32 Å². The Morgan fingerprint density at radius 1 is 1.30 bits per heavy atom. The van der Waals surface area contributed by atoms with Crippen LogP contribution in [0.1, 0.15) is 51.3 Å². The van der Waals surface area contributed by atoms with Gasteiger partial charge in [0.05, 0.1) is 27.3 Å². The van der Waals surface area contributed by atoms with Gasteiger partial charge in [-0.2, -0.15) is 5.26 Å². The highest BCUT2D eigenvalue weighted by Gasteiger charge is 2.37. The number of nitriles is 1. The van der Waals surface area contributed by atoms with E-state index in [-0.39, 0.29) is 5.04 Å². The lowest BCUT2D eigenvalue weighted by Crippen LogP contribution is -2.41. The second-order valence-electron chi connectivity index (χ2n) is 9.96. The number of nitrogens with zero attached hydrogens (tertiary/aromatic N) is 3. The molecule has 0 atom stereocenters. The molecule has 4 nitrogen and oxygen atoms in total. The molecule has 0 N–H and O–H groups in total. The fourth-order valence-corrected chi connectivity index (χ4v) is 5.22. The zero-order valence-electron chi connectivity index (χ0n) is 19.3. The minimum absolute atomic E-state index is 0.232. The Bertz CT molecular complexity index is 906. The molecule has 0 amide bonds.